The predicted octanol–water partition coefficient (Wildman–Crippen LogP) is 4.27. The van der Waals surface area contributed by atoms with Gasteiger partial charge < -0.3 is 5.32 Å². The molecule has 0 saturated heterocycles. The summed E-state index contributed by atoms with van der Waals surface area (Å²) in [6, 6.07) is 17.1. The summed E-state index contributed by atoms with van der Waals surface area (Å²) in [7, 11) is 0. The molecule has 0 saturated carbocycles. The van der Waals surface area contributed by atoms with Crippen molar-refractivity contribution in [1.29, 1.82) is 0 Å². The van der Waals surface area contributed by atoms with Gasteiger partial charge in [0.15, 0.2) is 0 Å². The zero-order valence-corrected chi connectivity index (χ0v) is 10.9. The normalized spacial score (nSPS) is 12.0. The van der Waals surface area contributed by atoms with Gasteiger partial charge in [0.2, 0.25) is 0 Å². The summed E-state index contributed by atoms with van der Waals surface area (Å²) in [5.74, 6) is -1.90. The van der Waals surface area contributed by atoms with Gasteiger partial charge in [0.05, 0.1) is 0 Å². The van der Waals surface area contributed by atoms with Gasteiger partial charge in [0.25, 0.3) is 5.78 Å². The van der Waals surface area contributed by atoms with Gasteiger partial charge in [-0.2, -0.15) is 13.2 Å². The highest BCUT2D eigenvalue weighted by Gasteiger charge is 2.36. The molecular formula is C16H12F3NO. The zero-order valence-electron chi connectivity index (χ0n) is 10.9. The van der Waals surface area contributed by atoms with Gasteiger partial charge in [-0.1, -0.05) is 48.5 Å². The van der Waals surface area contributed by atoms with Gasteiger partial charge in [-0.25, -0.2) is 0 Å². The Hall–Kier alpha value is -2.56. The van der Waals surface area contributed by atoms with Crippen LogP contribution in [0, 0.1) is 0 Å². The maximum atomic E-state index is 12.4. The van der Waals surface area contributed by atoms with Crippen molar-refractivity contribution in [3.8, 4) is 0 Å². The Balaban J connectivity index is 2.36. The van der Waals surface area contributed by atoms with Crippen molar-refractivity contribution in [3.63, 3.8) is 0 Å². The average Bonchev–Trinajstić information content (AvgIpc) is 2.47. The molecule has 21 heavy (non-hydrogen) atoms. The number of anilines is 1. The maximum absolute atomic E-state index is 12.4. The Bertz CT molecular complexity index is 634. The number of rotatable bonds is 4. The van der Waals surface area contributed by atoms with Crippen LogP contribution < -0.4 is 5.32 Å². The van der Waals surface area contributed by atoms with E-state index in [2.05, 4.69) is 5.32 Å². The van der Waals surface area contributed by atoms with Crippen molar-refractivity contribution >= 4 is 17.2 Å². The van der Waals surface area contributed by atoms with Gasteiger partial charge in [-0.05, 0) is 17.7 Å². The molecule has 0 aliphatic heterocycles. The Morgan fingerprint density at radius 3 is 1.95 bits per heavy atom. The van der Waals surface area contributed by atoms with E-state index in [0.29, 0.717) is 17.3 Å². The lowest BCUT2D eigenvalue weighted by Crippen LogP contribution is -2.21. The van der Waals surface area contributed by atoms with E-state index in [9.17, 15) is 18.0 Å². The average molecular weight is 291 g/mol. The number of nitrogens with one attached hydrogen (secondary N) is 1. The van der Waals surface area contributed by atoms with Crippen molar-refractivity contribution in [2.45, 2.75) is 6.18 Å². The molecule has 0 aliphatic rings. The summed E-state index contributed by atoms with van der Waals surface area (Å²) in [5.41, 5.74) is 1.20. The smallest absolute Gasteiger partial charge is 0.355 e. The maximum Gasteiger partial charge on any atom is 0.454 e. The molecule has 0 fully saturated rings. The van der Waals surface area contributed by atoms with E-state index in [1.807, 2.05) is 0 Å². The molecule has 0 atom stereocenters. The number of alkyl halides is 3. The van der Waals surface area contributed by atoms with E-state index in [1.165, 1.54) is 0 Å². The minimum absolute atomic E-state index is 0.101. The second-order valence-corrected chi connectivity index (χ2v) is 4.28. The van der Waals surface area contributed by atoms with Gasteiger partial charge in [-0.3, -0.25) is 4.79 Å². The molecule has 0 spiro atoms. The quantitative estimate of drug-likeness (QED) is 0.852. The third kappa shape index (κ3) is 4.21. The van der Waals surface area contributed by atoms with Gasteiger partial charge in [0.1, 0.15) is 0 Å². The first-order chi connectivity index (χ1) is 9.97. The van der Waals surface area contributed by atoms with Gasteiger partial charge in [0, 0.05) is 17.5 Å². The molecule has 2 aromatic carbocycles. The number of halogens is 3. The van der Waals surface area contributed by atoms with E-state index < -0.39 is 12.0 Å². The monoisotopic (exact) mass is 291 g/mol. The molecule has 0 aliphatic carbocycles. The van der Waals surface area contributed by atoms with Crippen molar-refractivity contribution in [1.82, 2.24) is 0 Å². The number of hydrogen-bond donors (Lipinski definition) is 1. The lowest BCUT2D eigenvalue weighted by atomic mass is 10.1. The zero-order chi connectivity index (χ0) is 15.3. The number of benzene rings is 2. The number of carbonyl (C=O) groups excluding carboxylic acids is 1. The summed E-state index contributed by atoms with van der Waals surface area (Å²) in [5, 5.41) is 2.84. The first kappa shape index (κ1) is 14.8. The number of carbonyl (C=O) groups is 1. The summed E-state index contributed by atoms with van der Waals surface area (Å²) in [6.07, 6.45) is -4.32. The summed E-state index contributed by atoms with van der Waals surface area (Å²) >= 11 is 0. The minimum Gasteiger partial charge on any atom is -0.355 e. The highest BCUT2D eigenvalue weighted by molar-refractivity contribution is 6.02. The second kappa shape index (κ2) is 6.26. The van der Waals surface area contributed by atoms with Crippen LogP contribution in [0.25, 0.3) is 5.70 Å². The molecule has 0 heterocycles. The highest BCUT2D eigenvalue weighted by atomic mass is 19.4. The van der Waals surface area contributed by atoms with Crippen LogP contribution in [0.1, 0.15) is 5.56 Å². The van der Waals surface area contributed by atoms with E-state index in [1.54, 1.807) is 60.7 Å². The third-order valence-corrected chi connectivity index (χ3v) is 2.69. The van der Waals surface area contributed by atoms with Gasteiger partial charge >= 0.3 is 6.18 Å². The number of allylic oxidation sites excluding steroid dienone is 1. The van der Waals surface area contributed by atoms with E-state index in [0.717, 1.165) is 0 Å². The molecule has 0 unspecified atom stereocenters. The number of ketones is 1. The number of para-hydroxylation sites is 1. The molecule has 0 amide bonds. The first-order valence-electron chi connectivity index (χ1n) is 6.17. The largest absolute Gasteiger partial charge is 0.454 e. The summed E-state index contributed by atoms with van der Waals surface area (Å²) < 4.78 is 37.3. The SMILES string of the molecule is O=C(C=C(Nc1ccccc1)c1ccccc1)C(F)(F)F. The molecule has 2 rings (SSSR count). The molecule has 1 N–H and O–H groups in total. The Labute approximate surface area is 119 Å². The van der Waals surface area contributed by atoms with Crippen LogP contribution in [0.5, 0.6) is 0 Å². The lowest BCUT2D eigenvalue weighted by molar-refractivity contribution is -0.165. The van der Waals surface area contributed by atoms with Crippen LogP contribution >= 0.6 is 0 Å². The fourth-order valence-electron chi connectivity index (χ4n) is 1.70. The van der Waals surface area contributed by atoms with Gasteiger partial charge in [-0.15, -0.1) is 0 Å². The molecular weight excluding hydrogens is 279 g/mol. The van der Waals surface area contributed by atoms with Crippen LogP contribution in [-0.4, -0.2) is 12.0 Å². The van der Waals surface area contributed by atoms with Crippen molar-refractivity contribution in [2.24, 2.45) is 0 Å². The second-order valence-electron chi connectivity index (χ2n) is 4.28. The fraction of sp³-hybridized carbons (Fsp3) is 0.0625. The highest BCUT2D eigenvalue weighted by Crippen LogP contribution is 2.22. The molecule has 5 heteroatoms. The first-order valence-corrected chi connectivity index (χ1v) is 6.17. The van der Waals surface area contributed by atoms with Crippen LogP contribution in [0.2, 0.25) is 0 Å². The standard InChI is InChI=1S/C16H12F3NO/c17-16(18,19)15(21)11-14(12-7-3-1-4-8-12)20-13-9-5-2-6-10-13/h1-11,20H. The molecule has 0 radical (unpaired) electrons. The van der Waals surface area contributed by atoms with E-state index >= 15 is 0 Å². The summed E-state index contributed by atoms with van der Waals surface area (Å²) in [4.78, 5) is 11.2. The molecule has 0 bridgehead atoms. The third-order valence-electron chi connectivity index (χ3n) is 2.69. The molecule has 108 valence electrons. The Morgan fingerprint density at radius 1 is 0.905 bits per heavy atom. The predicted molar refractivity (Wildman–Crippen MR) is 75.5 cm³/mol. The van der Waals surface area contributed by atoms with Crippen molar-refractivity contribution < 1.29 is 18.0 Å². The minimum atomic E-state index is -4.89. The molecule has 2 nitrogen and oxygen atoms in total. The topological polar surface area (TPSA) is 29.1 Å². The number of hydrogen-bond acceptors (Lipinski definition) is 2. The van der Waals surface area contributed by atoms with E-state index in [4.69, 9.17) is 0 Å². The van der Waals surface area contributed by atoms with Crippen LogP contribution in [0.3, 0.4) is 0 Å². The Morgan fingerprint density at radius 2 is 1.43 bits per heavy atom. The van der Waals surface area contributed by atoms with Crippen LogP contribution in [0.15, 0.2) is 66.7 Å². The molecule has 2 aromatic rings. The van der Waals surface area contributed by atoms with Crippen molar-refractivity contribution in [2.75, 3.05) is 5.32 Å². The van der Waals surface area contributed by atoms with E-state index in [-0.39, 0.29) is 5.70 Å². The Kier molecular flexibility index (Phi) is 4.42. The fourth-order valence-corrected chi connectivity index (χ4v) is 1.70. The lowest BCUT2D eigenvalue weighted by Gasteiger charge is -2.12. The molecule has 0 aromatic heterocycles. The van der Waals surface area contributed by atoms with Crippen LogP contribution in [0.4, 0.5) is 18.9 Å². The summed E-state index contributed by atoms with van der Waals surface area (Å²) in [6.45, 7) is 0. The van der Waals surface area contributed by atoms with Crippen molar-refractivity contribution in [3.05, 3.63) is 72.3 Å². The van der Waals surface area contributed by atoms with Crippen LogP contribution in [-0.2, 0) is 4.79 Å².